The number of carbonyl (C=O) groups excluding carboxylic acids is 1. The van der Waals surface area contributed by atoms with Crippen LogP contribution < -0.4 is 5.32 Å². The number of carboxylic acid groups (broad SMARTS) is 1. The number of rotatable bonds is 3. The van der Waals surface area contributed by atoms with E-state index in [0.717, 1.165) is 12.1 Å². The van der Waals surface area contributed by atoms with E-state index in [1.807, 2.05) is 6.92 Å². The molecule has 7 nitrogen and oxygen atoms in total. The normalized spacial score (nSPS) is 15.3. The fourth-order valence-corrected chi connectivity index (χ4v) is 1.89. The predicted octanol–water partition coefficient (Wildman–Crippen LogP) is 0.531. The number of likely N-dealkylation sites (tertiary alicyclic amines) is 1. The molecule has 2 N–H and O–H groups in total. The van der Waals surface area contributed by atoms with Crippen LogP contribution >= 0.6 is 0 Å². The van der Waals surface area contributed by atoms with Crippen LogP contribution in [-0.4, -0.2) is 44.9 Å². The maximum Gasteiger partial charge on any atom is 0.321 e. The summed E-state index contributed by atoms with van der Waals surface area (Å²) in [4.78, 5) is 23.9. The first-order chi connectivity index (χ1) is 8.51. The Morgan fingerprint density at radius 3 is 2.78 bits per heavy atom. The Hall–Kier alpha value is -2.05. The molecule has 0 atom stereocenters. The van der Waals surface area contributed by atoms with E-state index in [4.69, 9.17) is 5.11 Å². The van der Waals surface area contributed by atoms with Crippen molar-refractivity contribution < 1.29 is 14.7 Å². The van der Waals surface area contributed by atoms with Gasteiger partial charge in [0, 0.05) is 26.3 Å². The molecule has 1 fully saturated rings. The quantitative estimate of drug-likeness (QED) is 0.821. The molecule has 7 heteroatoms. The number of aliphatic carboxylic acids is 1. The van der Waals surface area contributed by atoms with E-state index in [0.29, 0.717) is 5.69 Å². The summed E-state index contributed by atoms with van der Waals surface area (Å²) in [6.07, 6.45) is 2.47. The largest absolute Gasteiger partial charge is 0.481 e. The molecule has 2 rings (SSSR count). The van der Waals surface area contributed by atoms with Gasteiger partial charge in [0.15, 0.2) is 0 Å². The molecule has 18 heavy (non-hydrogen) atoms. The molecule has 1 aromatic heterocycles. The molecular formula is C11H16N4O3. The number of amides is 2. The van der Waals surface area contributed by atoms with Gasteiger partial charge < -0.3 is 15.3 Å². The summed E-state index contributed by atoms with van der Waals surface area (Å²) in [6.45, 7) is 2.49. The van der Waals surface area contributed by atoms with Crippen LogP contribution in [0.4, 0.5) is 10.5 Å². The Morgan fingerprint density at radius 2 is 2.22 bits per heavy atom. The minimum atomic E-state index is -0.852. The van der Waals surface area contributed by atoms with E-state index in [2.05, 4.69) is 10.4 Å². The van der Waals surface area contributed by atoms with Crippen LogP contribution in [0.3, 0.4) is 0 Å². The van der Waals surface area contributed by atoms with Crippen molar-refractivity contribution in [1.82, 2.24) is 14.7 Å². The lowest BCUT2D eigenvalue weighted by molar-refractivity contribution is -0.145. The summed E-state index contributed by atoms with van der Waals surface area (Å²) < 4.78 is 1.64. The van der Waals surface area contributed by atoms with Gasteiger partial charge >= 0.3 is 12.0 Å². The minimum Gasteiger partial charge on any atom is -0.481 e. The van der Waals surface area contributed by atoms with Gasteiger partial charge in [-0.2, -0.15) is 5.10 Å². The van der Waals surface area contributed by atoms with Crippen molar-refractivity contribution in [3.63, 3.8) is 0 Å². The van der Waals surface area contributed by atoms with Crippen LogP contribution in [0.15, 0.2) is 6.20 Å². The molecule has 1 aliphatic rings. The maximum absolute atomic E-state index is 11.8. The lowest BCUT2D eigenvalue weighted by atomic mass is 10.0. The van der Waals surface area contributed by atoms with E-state index in [1.54, 1.807) is 17.9 Å². The molecule has 1 aromatic rings. The fourth-order valence-electron chi connectivity index (χ4n) is 1.89. The number of aromatic nitrogens is 2. The van der Waals surface area contributed by atoms with E-state index >= 15 is 0 Å². The van der Waals surface area contributed by atoms with Crippen LogP contribution in [-0.2, 0) is 18.3 Å². The summed E-state index contributed by atoms with van der Waals surface area (Å²) in [5, 5.41) is 15.7. The van der Waals surface area contributed by atoms with Gasteiger partial charge in [0.25, 0.3) is 0 Å². The van der Waals surface area contributed by atoms with Crippen molar-refractivity contribution in [3.05, 3.63) is 11.9 Å². The van der Waals surface area contributed by atoms with Crippen molar-refractivity contribution in [2.24, 2.45) is 13.0 Å². The van der Waals surface area contributed by atoms with Crippen LogP contribution in [0.25, 0.3) is 0 Å². The zero-order valence-electron chi connectivity index (χ0n) is 10.4. The third kappa shape index (κ3) is 2.29. The number of nitrogens with one attached hydrogen (secondary N) is 1. The molecule has 98 valence electrons. The highest BCUT2D eigenvalue weighted by Gasteiger charge is 2.35. The van der Waals surface area contributed by atoms with E-state index < -0.39 is 11.9 Å². The van der Waals surface area contributed by atoms with Crippen LogP contribution in [0.1, 0.15) is 12.6 Å². The van der Waals surface area contributed by atoms with Gasteiger partial charge in [-0.1, -0.05) is 6.92 Å². The third-order valence-corrected chi connectivity index (χ3v) is 3.00. The van der Waals surface area contributed by atoms with Gasteiger partial charge in [-0.3, -0.25) is 9.48 Å². The van der Waals surface area contributed by atoms with E-state index in [1.165, 1.54) is 4.90 Å². The Morgan fingerprint density at radius 1 is 1.56 bits per heavy atom. The second-order valence-corrected chi connectivity index (χ2v) is 4.39. The molecule has 0 aromatic carbocycles. The number of carbonyl (C=O) groups is 2. The Balaban J connectivity index is 1.94. The molecule has 1 aliphatic heterocycles. The highest BCUT2D eigenvalue weighted by atomic mass is 16.4. The molecule has 0 bridgehead atoms. The molecule has 0 radical (unpaired) electrons. The van der Waals surface area contributed by atoms with E-state index in [-0.39, 0.29) is 19.1 Å². The van der Waals surface area contributed by atoms with Crippen molar-refractivity contribution >= 4 is 17.7 Å². The number of urea groups is 1. The minimum absolute atomic E-state index is 0.267. The summed E-state index contributed by atoms with van der Waals surface area (Å²) in [5.41, 5.74) is 1.50. The van der Waals surface area contributed by atoms with Crippen LogP contribution in [0, 0.1) is 5.92 Å². The smallest absolute Gasteiger partial charge is 0.321 e. The highest BCUT2D eigenvalue weighted by Crippen LogP contribution is 2.19. The maximum atomic E-state index is 11.8. The second-order valence-electron chi connectivity index (χ2n) is 4.39. The fraction of sp³-hybridized carbons (Fsp3) is 0.545. The zero-order chi connectivity index (χ0) is 13.3. The number of carboxylic acids is 1. The summed E-state index contributed by atoms with van der Waals surface area (Å²) >= 11 is 0. The monoisotopic (exact) mass is 252 g/mol. The third-order valence-electron chi connectivity index (χ3n) is 3.00. The highest BCUT2D eigenvalue weighted by molar-refractivity contribution is 5.91. The standard InChI is InChI=1S/C11H16N4O3/c1-3-8-9(6-14(2)13-8)12-11(18)15-4-7(5-15)10(16)17/h6-7H,3-5H2,1-2H3,(H,12,18)(H,16,17). The Kier molecular flexibility index (Phi) is 3.22. The van der Waals surface area contributed by atoms with Crippen molar-refractivity contribution in [3.8, 4) is 0 Å². The molecule has 0 saturated carbocycles. The average molecular weight is 252 g/mol. The Bertz CT molecular complexity index is 477. The summed E-state index contributed by atoms with van der Waals surface area (Å²) in [7, 11) is 1.79. The van der Waals surface area contributed by atoms with Gasteiger partial charge in [0.05, 0.1) is 17.3 Å². The first-order valence-electron chi connectivity index (χ1n) is 5.82. The molecule has 0 spiro atoms. The number of aryl methyl sites for hydroxylation is 2. The summed E-state index contributed by atoms with van der Waals surface area (Å²) in [6, 6.07) is -0.268. The Labute approximate surface area is 104 Å². The zero-order valence-corrected chi connectivity index (χ0v) is 10.4. The molecule has 1 saturated heterocycles. The number of anilines is 1. The van der Waals surface area contributed by atoms with Crippen LogP contribution in [0.5, 0.6) is 0 Å². The van der Waals surface area contributed by atoms with Gasteiger partial charge in [-0.05, 0) is 6.42 Å². The predicted molar refractivity (Wildman–Crippen MR) is 64.3 cm³/mol. The lowest BCUT2D eigenvalue weighted by Gasteiger charge is -2.36. The summed E-state index contributed by atoms with van der Waals surface area (Å²) in [5.74, 6) is -1.29. The van der Waals surface area contributed by atoms with Gasteiger partial charge in [0.2, 0.25) is 0 Å². The molecular weight excluding hydrogens is 236 g/mol. The topological polar surface area (TPSA) is 87.5 Å². The number of nitrogens with zero attached hydrogens (tertiary/aromatic N) is 3. The van der Waals surface area contributed by atoms with Gasteiger partial charge in [-0.15, -0.1) is 0 Å². The van der Waals surface area contributed by atoms with Crippen molar-refractivity contribution in [2.75, 3.05) is 18.4 Å². The molecule has 0 aliphatic carbocycles. The molecule has 2 amide bonds. The van der Waals surface area contributed by atoms with Gasteiger partial charge in [-0.25, -0.2) is 4.79 Å². The lowest BCUT2D eigenvalue weighted by Crippen LogP contribution is -2.54. The number of hydrogen-bond donors (Lipinski definition) is 2. The second kappa shape index (κ2) is 4.67. The molecule has 2 heterocycles. The number of hydrogen-bond acceptors (Lipinski definition) is 3. The van der Waals surface area contributed by atoms with Crippen molar-refractivity contribution in [1.29, 1.82) is 0 Å². The van der Waals surface area contributed by atoms with E-state index in [9.17, 15) is 9.59 Å². The first-order valence-corrected chi connectivity index (χ1v) is 5.82. The van der Waals surface area contributed by atoms with Gasteiger partial charge in [0.1, 0.15) is 0 Å². The SMILES string of the molecule is CCc1nn(C)cc1NC(=O)N1CC(C(=O)O)C1. The van der Waals surface area contributed by atoms with Crippen LogP contribution in [0.2, 0.25) is 0 Å². The first kappa shape index (κ1) is 12.4. The molecule has 0 unspecified atom stereocenters. The van der Waals surface area contributed by atoms with Crippen molar-refractivity contribution in [2.45, 2.75) is 13.3 Å². The average Bonchev–Trinajstić information content (AvgIpc) is 2.55.